The van der Waals surface area contributed by atoms with Crippen LogP contribution in [-0.4, -0.2) is 47.4 Å². The van der Waals surface area contributed by atoms with E-state index in [0.717, 1.165) is 0 Å². The third-order valence-electron chi connectivity index (χ3n) is 4.32. The van der Waals surface area contributed by atoms with Crippen molar-refractivity contribution in [3.63, 3.8) is 0 Å². The Hall–Kier alpha value is -1.74. The largest absolute Gasteiger partial charge is 0.296 e. The van der Waals surface area contributed by atoms with E-state index in [1.165, 1.54) is 15.1 Å². The standard InChI is InChI=1S/C13H18N4O4S/c1-3-17-11(6-9(2)15-17)22(20,21)16-5-4-13(8-16)7-10(18)14-12(13)19/h6H,3-5,7-8H2,1-2H3,(H,14,18,19)/t13-/m1/s1. The summed E-state index contributed by atoms with van der Waals surface area (Å²) in [5.74, 6) is -0.700. The predicted octanol–water partition coefficient (Wildman–Crippen LogP) is -0.361. The number of rotatable bonds is 3. The van der Waals surface area contributed by atoms with Crippen LogP contribution in [-0.2, 0) is 26.2 Å². The van der Waals surface area contributed by atoms with Crippen molar-refractivity contribution in [3.05, 3.63) is 11.8 Å². The van der Waals surface area contributed by atoms with Gasteiger partial charge in [-0.3, -0.25) is 19.6 Å². The Morgan fingerprint density at radius 1 is 1.41 bits per heavy atom. The summed E-state index contributed by atoms with van der Waals surface area (Å²) in [7, 11) is -3.72. The van der Waals surface area contributed by atoms with E-state index < -0.39 is 15.4 Å². The minimum atomic E-state index is -3.72. The minimum Gasteiger partial charge on any atom is -0.296 e. The van der Waals surface area contributed by atoms with E-state index in [9.17, 15) is 18.0 Å². The van der Waals surface area contributed by atoms with Gasteiger partial charge in [0.2, 0.25) is 11.8 Å². The van der Waals surface area contributed by atoms with E-state index >= 15 is 0 Å². The van der Waals surface area contributed by atoms with Gasteiger partial charge in [0, 0.05) is 26.1 Å². The molecule has 22 heavy (non-hydrogen) atoms. The van der Waals surface area contributed by atoms with Crippen LogP contribution in [0.3, 0.4) is 0 Å². The third kappa shape index (κ3) is 2.15. The number of aryl methyl sites for hydroxylation is 2. The lowest BCUT2D eigenvalue weighted by atomic mass is 9.86. The number of aromatic nitrogens is 2. The fourth-order valence-electron chi connectivity index (χ4n) is 3.15. The molecule has 2 fully saturated rings. The highest BCUT2D eigenvalue weighted by atomic mass is 32.2. The zero-order valence-corrected chi connectivity index (χ0v) is 13.3. The normalized spacial score (nSPS) is 26.1. The third-order valence-corrected chi connectivity index (χ3v) is 6.17. The average molecular weight is 326 g/mol. The molecule has 2 aliphatic rings. The van der Waals surface area contributed by atoms with Gasteiger partial charge in [0.1, 0.15) is 0 Å². The van der Waals surface area contributed by atoms with Gasteiger partial charge in [0.25, 0.3) is 10.0 Å². The first kappa shape index (κ1) is 15.2. The van der Waals surface area contributed by atoms with E-state index in [4.69, 9.17) is 0 Å². The molecule has 2 aliphatic heterocycles. The monoisotopic (exact) mass is 326 g/mol. The van der Waals surface area contributed by atoms with Crippen LogP contribution >= 0.6 is 0 Å². The van der Waals surface area contributed by atoms with Gasteiger partial charge in [-0.15, -0.1) is 0 Å². The van der Waals surface area contributed by atoms with Crippen LogP contribution in [0.2, 0.25) is 0 Å². The van der Waals surface area contributed by atoms with E-state index in [1.807, 2.05) is 6.92 Å². The molecule has 0 aliphatic carbocycles. The second-order valence-electron chi connectivity index (χ2n) is 5.86. The lowest BCUT2D eigenvalue weighted by Gasteiger charge is -2.20. The van der Waals surface area contributed by atoms with Crippen LogP contribution in [0.25, 0.3) is 0 Å². The minimum absolute atomic E-state index is 0.0425. The molecule has 1 aromatic heterocycles. The SMILES string of the molecule is CCn1nc(C)cc1S(=O)(=O)N1CC[C@@]2(CC(=O)NC2=O)C1. The summed E-state index contributed by atoms with van der Waals surface area (Å²) in [6.07, 6.45) is 0.424. The molecule has 3 rings (SSSR count). The highest BCUT2D eigenvalue weighted by Crippen LogP contribution is 2.39. The second-order valence-corrected chi connectivity index (χ2v) is 7.75. The molecule has 0 radical (unpaired) electrons. The summed E-state index contributed by atoms with van der Waals surface area (Å²) in [5, 5.41) is 6.56. The van der Waals surface area contributed by atoms with Crippen LogP contribution in [0, 0.1) is 12.3 Å². The van der Waals surface area contributed by atoms with Gasteiger partial charge in [-0.1, -0.05) is 0 Å². The molecule has 120 valence electrons. The highest BCUT2D eigenvalue weighted by molar-refractivity contribution is 7.89. The summed E-state index contributed by atoms with van der Waals surface area (Å²) >= 11 is 0. The number of sulfonamides is 1. The van der Waals surface area contributed by atoms with Crippen molar-refractivity contribution in [1.82, 2.24) is 19.4 Å². The molecule has 3 heterocycles. The first-order valence-electron chi connectivity index (χ1n) is 7.17. The first-order valence-corrected chi connectivity index (χ1v) is 8.61. The van der Waals surface area contributed by atoms with Gasteiger partial charge in [-0.25, -0.2) is 8.42 Å². The Balaban J connectivity index is 1.92. The van der Waals surface area contributed by atoms with Gasteiger partial charge in [0.15, 0.2) is 5.03 Å². The molecule has 0 bridgehead atoms. The van der Waals surface area contributed by atoms with Crippen LogP contribution < -0.4 is 5.32 Å². The summed E-state index contributed by atoms with van der Waals surface area (Å²) in [6, 6.07) is 1.53. The molecule has 8 nitrogen and oxygen atoms in total. The number of carbonyl (C=O) groups is 2. The fraction of sp³-hybridized carbons (Fsp3) is 0.615. The Bertz CT molecular complexity index is 754. The van der Waals surface area contributed by atoms with E-state index in [2.05, 4.69) is 10.4 Å². The average Bonchev–Trinajstić information content (AvgIpc) is 3.10. The van der Waals surface area contributed by atoms with E-state index in [0.29, 0.717) is 18.7 Å². The molecule has 1 atom stereocenters. The molecule has 1 spiro atoms. The maximum atomic E-state index is 12.8. The first-order chi connectivity index (χ1) is 10.3. The molecular formula is C13H18N4O4S. The molecule has 1 N–H and O–H groups in total. The van der Waals surface area contributed by atoms with Gasteiger partial charge in [0.05, 0.1) is 11.1 Å². The molecule has 0 aromatic carbocycles. The van der Waals surface area contributed by atoms with Crippen LogP contribution in [0.15, 0.2) is 11.1 Å². The number of carbonyl (C=O) groups excluding carboxylic acids is 2. The van der Waals surface area contributed by atoms with Gasteiger partial charge >= 0.3 is 0 Å². The lowest BCUT2D eigenvalue weighted by Crippen LogP contribution is -2.37. The zero-order chi connectivity index (χ0) is 16.1. The van der Waals surface area contributed by atoms with Crippen LogP contribution in [0.4, 0.5) is 0 Å². The van der Waals surface area contributed by atoms with Crippen molar-refractivity contribution >= 4 is 21.8 Å². The number of amides is 2. The van der Waals surface area contributed by atoms with E-state index in [1.54, 1.807) is 6.92 Å². The van der Waals surface area contributed by atoms with Crippen molar-refractivity contribution in [1.29, 1.82) is 0 Å². The van der Waals surface area contributed by atoms with Crippen molar-refractivity contribution in [3.8, 4) is 0 Å². The second kappa shape index (κ2) is 4.88. The molecule has 0 saturated carbocycles. The van der Waals surface area contributed by atoms with Gasteiger partial charge < -0.3 is 0 Å². The van der Waals surface area contributed by atoms with Crippen molar-refractivity contribution < 1.29 is 18.0 Å². The summed E-state index contributed by atoms with van der Waals surface area (Å²) < 4.78 is 28.3. The maximum absolute atomic E-state index is 12.8. The van der Waals surface area contributed by atoms with Gasteiger partial charge in [-0.05, 0) is 26.3 Å². The van der Waals surface area contributed by atoms with Crippen molar-refractivity contribution in [2.24, 2.45) is 5.41 Å². The number of hydrogen-bond donors (Lipinski definition) is 1. The molecule has 2 amide bonds. The Morgan fingerprint density at radius 3 is 2.73 bits per heavy atom. The number of hydrogen-bond acceptors (Lipinski definition) is 5. The summed E-state index contributed by atoms with van der Waals surface area (Å²) in [6.45, 7) is 4.28. The summed E-state index contributed by atoms with van der Waals surface area (Å²) in [5.41, 5.74) is -0.279. The Kier molecular flexibility index (Phi) is 3.37. The zero-order valence-electron chi connectivity index (χ0n) is 12.5. The smallest absolute Gasteiger partial charge is 0.260 e. The highest BCUT2D eigenvalue weighted by Gasteiger charge is 2.53. The molecule has 2 saturated heterocycles. The molecular weight excluding hydrogens is 308 g/mol. The van der Waals surface area contributed by atoms with Gasteiger partial charge in [-0.2, -0.15) is 9.40 Å². The molecule has 9 heteroatoms. The van der Waals surface area contributed by atoms with Crippen molar-refractivity contribution in [2.45, 2.75) is 38.3 Å². The number of nitrogens with zero attached hydrogens (tertiary/aromatic N) is 3. The quantitative estimate of drug-likeness (QED) is 0.764. The number of nitrogens with one attached hydrogen (secondary N) is 1. The van der Waals surface area contributed by atoms with Crippen LogP contribution in [0.5, 0.6) is 0 Å². The Labute approximate surface area is 128 Å². The van der Waals surface area contributed by atoms with Crippen LogP contribution in [0.1, 0.15) is 25.5 Å². The van der Waals surface area contributed by atoms with Crippen molar-refractivity contribution in [2.75, 3.05) is 13.1 Å². The number of imide groups is 1. The topological polar surface area (TPSA) is 101 Å². The predicted molar refractivity (Wildman–Crippen MR) is 76.2 cm³/mol. The Morgan fingerprint density at radius 2 is 2.14 bits per heavy atom. The molecule has 1 aromatic rings. The summed E-state index contributed by atoms with van der Waals surface area (Å²) in [4.78, 5) is 23.4. The molecule has 0 unspecified atom stereocenters. The maximum Gasteiger partial charge on any atom is 0.260 e. The lowest BCUT2D eigenvalue weighted by molar-refractivity contribution is -0.128. The fourth-order valence-corrected chi connectivity index (χ4v) is 4.92. The van der Waals surface area contributed by atoms with E-state index in [-0.39, 0.29) is 36.4 Å².